The molecular formula is C20H24N2O2. The predicted molar refractivity (Wildman–Crippen MR) is 98.0 cm³/mol. The highest BCUT2D eigenvalue weighted by Crippen LogP contribution is 2.26. The molecule has 2 aromatic carbocycles. The van der Waals surface area contributed by atoms with Crippen LogP contribution in [0.15, 0.2) is 48.5 Å². The number of nitrogens with one attached hydrogen (secondary N) is 1. The summed E-state index contributed by atoms with van der Waals surface area (Å²) in [5.74, 6) is 0.628. The minimum atomic E-state index is -0.114. The van der Waals surface area contributed by atoms with Crippen molar-refractivity contribution in [1.29, 1.82) is 0 Å². The fourth-order valence-corrected chi connectivity index (χ4v) is 3.16. The molecule has 126 valence electrons. The van der Waals surface area contributed by atoms with E-state index < -0.39 is 0 Å². The monoisotopic (exact) mass is 324 g/mol. The van der Waals surface area contributed by atoms with Gasteiger partial charge in [-0.3, -0.25) is 4.79 Å². The molecule has 24 heavy (non-hydrogen) atoms. The number of anilines is 2. The van der Waals surface area contributed by atoms with Gasteiger partial charge in [-0.1, -0.05) is 0 Å². The van der Waals surface area contributed by atoms with Gasteiger partial charge in [0.25, 0.3) is 5.91 Å². The molecule has 0 bridgehead atoms. The maximum Gasteiger partial charge on any atom is 0.255 e. The van der Waals surface area contributed by atoms with Crippen molar-refractivity contribution >= 4 is 17.3 Å². The Morgan fingerprint density at radius 1 is 1.08 bits per heavy atom. The van der Waals surface area contributed by atoms with E-state index in [1.165, 1.54) is 24.9 Å². The molecule has 0 aromatic heterocycles. The number of benzene rings is 2. The zero-order chi connectivity index (χ0) is 16.9. The molecule has 1 saturated heterocycles. The van der Waals surface area contributed by atoms with E-state index >= 15 is 0 Å². The van der Waals surface area contributed by atoms with Crippen LogP contribution in [0.3, 0.4) is 0 Å². The Hall–Kier alpha value is -2.49. The Morgan fingerprint density at radius 3 is 2.42 bits per heavy atom. The lowest BCUT2D eigenvalue weighted by Crippen LogP contribution is -2.37. The van der Waals surface area contributed by atoms with E-state index in [2.05, 4.69) is 29.3 Å². The first kappa shape index (κ1) is 16.4. The molecule has 2 aromatic rings. The highest BCUT2D eigenvalue weighted by Gasteiger charge is 2.18. The number of methoxy groups -OCH3 is 1. The highest BCUT2D eigenvalue weighted by molar-refractivity contribution is 6.04. The second-order valence-corrected chi connectivity index (χ2v) is 6.27. The van der Waals surface area contributed by atoms with Gasteiger partial charge in [0.1, 0.15) is 5.75 Å². The summed E-state index contributed by atoms with van der Waals surface area (Å²) >= 11 is 0. The number of hydrogen-bond acceptors (Lipinski definition) is 3. The number of piperidine rings is 1. The molecule has 0 radical (unpaired) electrons. The summed E-state index contributed by atoms with van der Waals surface area (Å²) in [6.07, 6.45) is 3.81. The van der Waals surface area contributed by atoms with Crippen molar-refractivity contribution in [2.75, 3.05) is 23.9 Å². The van der Waals surface area contributed by atoms with E-state index in [-0.39, 0.29) is 5.91 Å². The van der Waals surface area contributed by atoms with Crippen molar-refractivity contribution in [3.8, 4) is 5.75 Å². The van der Waals surface area contributed by atoms with Crippen LogP contribution in [0.1, 0.15) is 36.5 Å². The Kier molecular flexibility index (Phi) is 5.04. The lowest BCUT2D eigenvalue weighted by molar-refractivity contribution is 0.102. The predicted octanol–water partition coefficient (Wildman–Crippen LogP) is 4.33. The number of amides is 1. The molecule has 0 unspecified atom stereocenters. The van der Waals surface area contributed by atoms with E-state index in [4.69, 9.17) is 4.74 Å². The van der Waals surface area contributed by atoms with Crippen molar-refractivity contribution in [2.24, 2.45) is 0 Å². The molecule has 0 aliphatic carbocycles. The number of ether oxygens (including phenoxy) is 1. The van der Waals surface area contributed by atoms with Gasteiger partial charge in [-0.15, -0.1) is 0 Å². The van der Waals surface area contributed by atoms with Crippen molar-refractivity contribution in [3.05, 3.63) is 54.1 Å². The molecule has 1 atom stereocenters. The van der Waals surface area contributed by atoms with Crippen molar-refractivity contribution in [1.82, 2.24) is 0 Å². The van der Waals surface area contributed by atoms with Gasteiger partial charge in [0, 0.05) is 29.5 Å². The second-order valence-electron chi connectivity index (χ2n) is 6.27. The van der Waals surface area contributed by atoms with Crippen LogP contribution in [-0.2, 0) is 0 Å². The Bertz CT molecular complexity index is 680. The molecule has 1 aliphatic rings. The van der Waals surface area contributed by atoms with E-state index in [0.717, 1.165) is 18.0 Å². The van der Waals surface area contributed by atoms with Gasteiger partial charge in [-0.05, 0) is 74.7 Å². The van der Waals surface area contributed by atoms with Gasteiger partial charge >= 0.3 is 0 Å². The zero-order valence-electron chi connectivity index (χ0n) is 14.3. The molecule has 1 heterocycles. The third-order valence-electron chi connectivity index (χ3n) is 4.61. The first-order valence-electron chi connectivity index (χ1n) is 8.49. The third-order valence-corrected chi connectivity index (χ3v) is 4.61. The summed E-state index contributed by atoms with van der Waals surface area (Å²) in [5.41, 5.74) is 2.65. The molecule has 1 N–H and O–H groups in total. The molecule has 0 spiro atoms. The van der Waals surface area contributed by atoms with E-state index in [9.17, 15) is 4.79 Å². The third kappa shape index (κ3) is 3.70. The standard InChI is InChI=1S/C20H24N2O2/c1-15-5-3-4-14-22(15)18-10-8-17(9-11-18)21-20(23)16-6-12-19(24-2)13-7-16/h6-13,15H,3-5,14H2,1-2H3,(H,21,23)/t15-/m0/s1. The minimum absolute atomic E-state index is 0.114. The summed E-state index contributed by atoms with van der Waals surface area (Å²) in [6, 6.07) is 15.8. The van der Waals surface area contributed by atoms with Gasteiger partial charge in [-0.25, -0.2) is 0 Å². The molecule has 4 heteroatoms. The van der Waals surface area contributed by atoms with Crippen LogP contribution in [0.5, 0.6) is 5.75 Å². The summed E-state index contributed by atoms with van der Waals surface area (Å²) < 4.78 is 5.11. The fourth-order valence-electron chi connectivity index (χ4n) is 3.16. The van der Waals surface area contributed by atoms with Crippen molar-refractivity contribution < 1.29 is 9.53 Å². The smallest absolute Gasteiger partial charge is 0.255 e. The van der Waals surface area contributed by atoms with Crippen molar-refractivity contribution in [3.63, 3.8) is 0 Å². The van der Waals surface area contributed by atoms with Gasteiger partial charge in [-0.2, -0.15) is 0 Å². The molecule has 3 rings (SSSR count). The van der Waals surface area contributed by atoms with E-state index in [1.54, 1.807) is 31.4 Å². The van der Waals surface area contributed by atoms with Gasteiger partial charge in [0.2, 0.25) is 0 Å². The summed E-state index contributed by atoms with van der Waals surface area (Å²) in [7, 11) is 1.61. The topological polar surface area (TPSA) is 41.6 Å². The van der Waals surface area contributed by atoms with E-state index in [1.807, 2.05) is 12.1 Å². The number of rotatable bonds is 4. The number of nitrogens with zero attached hydrogens (tertiary/aromatic N) is 1. The van der Waals surface area contributed by atoms with Crippen LogP contribution in [0.4, 0.5) is 11.4 Å². The molecule has 4 nitrogen and oxygen atoms in total. The van der Waals surface area contributed by atoms with Crippen LogP contribution in [0, 0.1) is 0 Å². The molecule has 1 amide bonds. The highest BCUT2D eigenvalue weighted by atomic mass is 16.5. The minimum Gasteiger partial charge on any atom is -0.497 e. The van der Waals surface area contributed by atoms with Crippen LogP contribution >= 0.6 is 0 Å². The van der Waals surface area contributed by atoms with Gasteiger partial charge in [0.15, 0.2) is 0 Å². The largest absolute Gasteiger partial charge is 0.497 e. The Morgan fingerprint density at radius 2 is 1.79 bits per heavy atom. The molecular weight excluding hydrogens is 300 g/mol. The van der Waals surface area contributed by atoms with Crippen LogP contribution in [0.2, 0.25) is 0 Å². The molecule has 1 aliphatic heterocycles. The molecule has 0 saturated carbocycles. The summed E-state index contributed by atoms with van der Waals surface area (Å²) in [6.45, 7) is 3.39. The summed E-state index contributed by atoms with van der Waals surface area (Å²) in [4.78, 5) is 14.7. The maximum absolute atomic E-state index is 12.3. The van der Waals surface area contributed by atoms with E-state index in [0.29, 0.717) is 11.6 Å². The fraction of sp³-hybridized carbons (Fsp3) is 0.350. The average Bonchev–Trinajstić information content (AvgIpc) is 2.63. The Labute approximate surface area is 143 Å². The SMILES string of the molecule is COc1ccc(C(=O)Nc2ccc(N3CCCC[C@@H]3C)cc2)cc1. The maximum atomic E-state index is 12.3. The lowest BCUT2D eigenvalue weighted by atomic mass is 10.0. The number of carbonyl (C=O) groups excluding carboxylic acids is 1. The van der Waals surface area contributed by atoms with Crippen LogP contribution in [0.25, 0.3) is 0 Å². The lowest BCUT2D eigenvalue weighted by Gasteiger charge is -2.35. The first-order valence-corrected chi connectivity index (χ1v) is 8.49. The Balaban J connectivity index is 1.65. The zero-order valence-corrected chi connectivity index (χ0v) is 14.3. The second kappa shape index (κ2) is 7.39. The quantitative estimate of drug-likeness (QED) is 0.910. The number of carbonyl (C=O) groups is 1. The molecule has 1 fully saturated rings. The number of hydrogen-bond donors (Lipinski definition) is 1. The van der Waals surface area contributed by atoms with Gasteiger partial charge in [0.05, 0.1) is 7.11 Å². The van der Waals surface area contributed by atoms with Crippen LogP contribution in [-0.4, -0.2) is 25.6 Å². The van der Waals surface area contributed by atoms with Crippen LogP contribution < -0.4 is 15.0 Å². The van der Waals surface area contributed by atoms with Crippen molar-refractivity contribution in [2.45, 2.75) is 32.2 Å². The summed E-state index contributed by atoms with van der Waals surface area (Å²) in [5, 5.41) is 2.94. The van der Waals surface area contributed by atoms with Gasteiger partial charge < -0.3 is 15.0 Å². The normalized spacial score (nSPS) is 17.4. The average molecular weight is 324 g/mol. The first-order chi connectivity index (χ1) is 11.7.